The van der Waals surface area contributed by atoms with Crippen molar-refractivity contribution in [3.8, 4) is 6.07 Å². The Morgan fingerprint density at radius 3 is 2.77 bits per heavy atom. The van der Waals surface area contributed by atoms with Gasteiger partial charge in [0.05, 0.1) is 5.69 Å². The number of aromatic nitrogens is 1. The predicted molar refractivity (Wildman–Crippen MR) is 52.5 cm³/mol. The third-order valence-electron chi connectivity index (χ3n) is 2.05. The van der Waals surface area contributed by atoms with E-state index in [0.717, 1.165) is 5.69 Å². The summed E-state index contributed by atoms with van der Waals surface area (Å²) in [5, 5.41) is 8.81. The van der Waals surface area contributed by atoms with Crippen LogP contribution in [0.3, 0.4) is 0 Å². The second-order valence-electron chi connectivity index (χ2n) is 3.19. The van der Waals surface area contributed by atoms with Crippen LogP contribution in [0.25, 0.3) is 0 Å². The second kappa shape index (κ2) is 3.90. The molecule has 0 aliphatic heterocycles. The van der Waals surface area contributed by atoms with Crippen molar-refractivity contribution in [2.75, 3.05) is 11.9 Å². The lowest BCUT2D eigenvalue weighted by molar-refractivity contribution is 0.751. The van der Waals surface area contributed by atoms with Gasteiger partial charge in [-0.25, -0.2) is 4.98 Å². The molecule has 0 atom stereocenters. The molecule has 0 aliphatic rings. The van der Waals surface area contributed by atoms with Crippen molar-refractivity contribution >= 4 is 5.69 Å². The van der Waals surface area contributed by atoms with Crippen LogP contribution in [0.2, 0.25) is 0 Å². The molecule has 0 saturated heterocycles. The Morgan fingerprint density at radius 1 is 1.54 bits per heavy atom. The van der Waals surface area contributed by atoms with Gasteiger partial charge in [0.2, 0.25) is 0 Å². The van der Waals surface area contributed by atoms with E-state index >= 15 is 0 Å². The van der Waals surface area contributed by atoms with Crippen LogP contribution in [0.15, 0.2) is 18.3 Å². The van der Waals surface area contributed by atoms with Crippen LogP contribution in [0.4, 0.5) is 5.69 Å². The summed E-state index contributed by atoms with van der Waals surface area (Å²) in [5.74, 6) is 0. The van der Waals surface area contributed by atoms with Gasteiger partial charge in [-0.15, -0.1) is 0 Å². The van der Waals surface area contributed by atoms with E-state index in [9.17, 15) is 0 Å². The number of rotatable bonds is 2. The molecular formula is C10H13N3. The number of hydrogen-bond acceptors (Lipinski definition) is 3. The fourth-order valence-electron chi connectivity index (χ4n) is 1.05. The van der Waals surface area contributed by atoms with E-state index in [4.69, 9.17) is 5.26 Å². The third-order valence-corrected chi connectivity index (χ3v) is 2.05. The summed E-state index contributed by atoms with van der Waals surface area (Å²) in [6.45, 7) is 4.16. The minimum atomic E-state index is 0.372. The van der Waals surface area contributed by atoms with Crippen molar-refractivity contribution in [3.63, 3.8) is 0 Å². The Labute approximate surface area is 78.6 Å². The van der Waals surface area contributed by atoms with E-state index in [1.807, 2.05) is 24.1 Å². The second-order valence-corrected chi connectivity index (χ2v) is 3.19. The van der Waals surface area contributed by atoms with Crippen molar-refractivity contribution in [2.45, 2.75) is 19.9 Å². The standard InChI is InChI=1S/C10H13N3/c1-8(2)13(3)10-5-4-6-12-9(10)7-11/h4-6,8H,1-3H3. The predicted octanol–water partition coefficient (Wildman–Crippen LogP) is 1.80. The Bertz CT molecular complexity index is 325. The van der Waals surface area contributed by atoms with Gasteiger partial charge in [-0.3, -0.25) is 0 Å². The molecule has 1 heterocycles. The van der Waals surface area contributed by atoms with Gasteiger partial charge in [-0.05, 0) is 26.0 Å². The van der Waals surface area contributed by atoms with E-state index in [-0.39, 0.29) is 0 Å². The van der Waals surface area contributed by atoms with E-state index in [0.29, 0.717) is 11.7 Å². The molecule has 0 fully saturated rings. The highest BCUT2D eigenvalue weighted by molar-refractivity contribution is 5.55. The minimum Gasteiger partial charge on any atom is -0.370 e. The quantitative estimate of drug-likeness (QED) is 0.688. The molecule has 0 bridgehead atoms. The maximum atomic E-state index is 8.81. The van der Waals surface area contributed by atoms with Crippen molar-refractivity contribution in [1.82, 2.24) is 4.98 Å². The number of nitrogens with zero attached hydrogens (tertiary/aromatic N) is 3. The zero-order chi connectivity index (χ0) is 9.84. The zero-order valence-electron chi connectivity index (χ0n) is 8.15. The van der Waals surface area contributed by atoms with E-state index in [2.05, 4.69) is 24.9 Å². The molecule has 1 aromatic heterocycles. The van der Waals surface area contributed by atoms with Crippen molar-refractivity contribution in [1.29, 1.82) is 5.26 Å². The maximum absolute atomic E-state index is 8.81. The van der Waals surface area contributed by atoms with Gasteiger partial charge in [-0.1, -0.05) is 0 Å². The highest BCUT2D eigenvalue weighted by Crippen LogP contribution is 2.17. The molecule has 3 nitrogen and oxygen atoms in total. The van der Waals surface area contributed by atoms with Crippen LogP contribution in [-0.2, 0) is 0 Å². The molecule has 0 aliphatic carbocycles. The number of anilines is 1. The molecule has 3 heteroatoms. The molecule has 13 heavy (non-hydrogen) atoms. The number of pyridine rings is 1. The van der Waals surface area contributed by atoms with Crippen molar-refractivity contribution < 1.29 is 0 Å². The van der Waals surface area contributed by atoms with Gasteiger partial charge in [0.25, 0.3) is 0 Å². The van der Waals surface area contributed by atoms with Crippen molar-refractivity contribution in [2.24, 2.45) is 0 Å². The lowest BCUT2D eigenvalue weighted by atomic mass is 10.2. The van der Waals surface area contributed by atoms with Crippen LogP contribution in [0.1, 0.15) is 19.5 Å². The van der Waals surface area contributed by atoms with Gasteiger partial charge >= 0.3 is 0 Å². The summed E-state index contributed by atoms with van der Waals surface area (Å²) in [7, 11) is 1.96. The minimum absolute atomic E-state index is 0.372. The summed E-state index contributed by atoms with van der Waals surface area (Å²) in [4.78, 5) is 6.03. The number of nitriles is 1. The highest BCUT2D eigenvalue weighted by Gasteiger charge is 2.09. The molecule has 1 aromatic rings. The van der Waals surface area contributed by atoms with Crippen LogP contribution < -0.4 is 4.90 Å². The van der Waals surface area contributed by atoms with Crippen LogP contribution in [-0.4, -0.2) is 18.1 Å². The topological polar surface area (TPSA) is 39.9 Å². The van der Waals surface area contributed by atoms with Gasteiger partial charge in [0.1, 0.15) is 6.07 Å². The van der Waals surface area contributed by atoms with Gasteiger partial charge in [0, 0.05) is 19.3 Å². The van der Waals surface area contributed by atoms with Gasteiger partial charge in [0.15, 0.2) is 5.69 Å². The first-order chi connectivity index (χ1) is 6.16. The Hall–Kier alpha value is -1.56. The highest BCUT2D eigenvalue weighted by atomic mass is 15.1. The largest absolute Gasteiger partial charge is 0.370 e. The lowest BCUT2D eigenvalue weighted by Gasteiger charge is -2.23. The molecular weight excluding hydrogens is 162 g/mol. The molecule has 0 amide bonds. The first-order valence-electron chi connectivity index (χ1n) is 4.24. The van der Waals surface area contributed by atoms with E-state index in [1.54, 1.807) is 6.20 Å². The zero-order valence-corrected chi connectivity index (χ0v) is 8.15. The average molecular weight is 175 g/mol. The summed E-state index contributed by atoms with van der Waals surface area (Å²) in [5.41, 5.74) is 1.37. The average Bonchev–Trinajstić information content (AvgIpc) is 2.16. The SMILES string of the molecule is CC(C)N(C)c1cccnc1C#N. The summed E-state index contributed by atoms with van der Waals surface area (Å²) < 4.78 is 0. The maximum Gasteiger partial charge on any atom is 0.163 e. The molecule has 0 N–H and O–H groups in total. The van der Waals surface area contributed by atoms with Gasteiger partial charge < -0.3 is 4.90 Å². The smallest absolute Gasteiger partial charge is 0.163 e. The Kier molecular flexibility index (Phi) is 2.86. The Morgan fingerprint density at radius 2 is 2.23 bits per heavy atom. The number of hydrogen-bond donors (Lipinski definition) is 0. The fraction of sp³-hybridized carbons (Fsp3) is 0.400. The molecule has 0 radical (unpaired) electrons. The lowest BCUT2D eigenvalue weighted by Crippen LogP contribution is -2.26. The van der Waals surface area contributed by atoms with Gasteiger partial charge in [-0.2, -0.15) is 5.26 Å². The first kappa shape index (κ1) is 9.53. The molecule has 0 unspecified atom stereocenters. The van der Waals surface area contributed by atoms with Crippen LogP contribution in [0, 0.1) is 11.3 Å². The fourth-order valence-corrected chi connectivity index (χ4v) is 1.05. The molecule has 0 spiro atoms. The third kappa shape index (κ3) is 1.97. The normalized spacial score (nSPS) is 9.77. The summed E-state index contributed by atoms with van der Waals surface area (Å²) in [6, 6.07) is 6.20. The summed E-state index contributed by atoms with van der Waals surface area (Å²) in [6.07, 6.45) is 1.64. The van der Waals surface area contributed by atoms with Crippen LogP contribution in [0.5, 0.6) is 0 Å². The first-order valence-corrected chi connectivity index (χ1v) is 4.24. The van der Waals surface area contributed by atoms with Crippen molar-refractivity contribution in [3.05, 3.63) is 24.0 Å². The van der Waals surface area contributed by atoms with E-state index in [1.165, 1.54) is 0 Å². The van der Waals surface area contributed by atoms with Crippen LogP contribution >= 0.6 is 0 Å². The molecule has 0 aromatic carbocycles. The van der Waals surface area contributed by atoms with E-state index < -0.39 is 0 Å². The Balaban J connectivity index is 3.07. The molecule has 1 rings (SSSR count). The summed E-state index contributed by atoms with van der Waals surface area (Å²) >= 11 is 0. The molecule has 68 valence electrons. The molecule has 0 saturated carbocycles. The monoisotopic (exact) mass is 175 g/mol.